The first-order valence-corrected chi connectivity index (χ1v) is 6.77. The molecule has 0 aliphatic carbocycles. The molecule has 2 rings (SSSR count). The maximum atomic E-state index is 12.6. The first-order chi connectivity index (χ1) is 9.29. The molecule has 0 aromatic heterocycles. The molecule has 2 N–H and O–H groups in total. The molecule has 1 nitrogen and oxygen atoms in total. The van der Waals surface area contributed by atoms with E-state index in [2.05, 4.69) is 15.9 Å². The molecule has 0 saturated heterocycles. The Morgan fingerprint density at radius 2 is 1.65 bits per heavy atom. The second-order valence-electron chi connectivity index (χ2n) is 4.60. The van der Waals surface area contributed by atoms with Crippen LogP contribution in [0.5, 0.6) is 0 Å². The number of aryl methyl sites for hydroxylation is 1. The van der Waals surface area contributed by atoms with Gasteiger partial charge in [0.1, 0.15) is 0 Å². The van der Waals surface area contributed by atoms with Gasteiger partial charge in [0.05, 0.1) is 11.6 Å². The minimum absolute atomic E-state index is 0.439. The highest BCUT2D eigenvalue weighted by Crippen LogP contribution is 2.32. The molecular formula is C15H13BrF3N. The molecule has 0 spiro atoms. The Balaban J connectivity index is 2.36. The number of nitrogens with two attached hydrogens (primary N) is 1. The molecule has 0 aliphatic rings. The predicted octanol–water partition coefficient (Wildman–Crippen LogP) is 4.82. The Hall–Kier alpha value is -1.33. The van der Waals surface area contributed by atoms with Gasteiger partial charge in [0.2, 0.25) is 0 Å². The lowest BCUT2D eigenvalue weighted by atomic mass is 9.94. The number of rotatable bonds is 2. The van der Waals surface area contributed by atoms with Crippen LogP contribution in [0.25, 0.3) is 0 Å². The van der Waals surface area contributed by atoms with Gasteiger partial charge < -0.3 is 5.73 Å². The molecule has 0 aliphatic heterocycles. The monoisotopic (exact) mass is 343 g/mol. The molecule has 0 fully saturated rings. The molecule has 0 heterocycles. The van der Waals surface area contributed by atoms with Crippen molar-refractivity contribution < 1.29 is 13.2 Å². The highest BCUT2D eigenvalue weighted by Gasteiger charge is 2.30. The van der Waals surface area contributed by atoms with Gasteiger partial charge in [-0.3, -0.25) is 0 Å². The minimum Gasteiger partial charge on any atom is -0.320 e. The zero-order valence-electron chi connectivity index (χ0n) is 10.7. The fraction of sp³-hybridized carbons (Fsp3) is 0.200. The maximum absolute atomic E-state index is 12.6. The highest BCUT2D eigenvalue weighted by molar-refractivity contribution is 9.10. The fourth-order valence-electron chi connectivity index (χ4n) is 2.05. The molecule has 106 valence electrons. The van der Waals surface area contributed by atoms with Crippen molar-refractivity contribution >= 4 is 15.9 Å². The summed E-state index contributed by atoms with van der Waals surface area (Å²) in [7, 11) is 0. The molecule has 0 amide bonds. The third-order valence-corrected chi connectivity index (χ3v) is 3.69. The SMILES string of the molecule is Cc1cc(C(F)(F)F)ccc1C(N)c1ccc(Br)cc1. The van der Waals surface area contributed by atoms with E-state index >= 15 is 0 Å². The van der Waals surface area contributed by atoms with Gasteiger partial charge in [-0.1, -0.05) is 34.1 Å². The largest absolute Gasteiger partial charge is 0.416 e. The topological polar surface area (TPSA) is 26.0 Å². The normalized spacial score (nSPS) is 13.3. The first kappa shape index (κ1) is 15.1. The van der Waals surface area contributed by atoms with Gasteiger partial charge in [0, 0.05) is 4.47 Å². The number of hydrogen-bond acceptors (Lipinski definition) is 1. The predicted molar refractivity (Wildman–Crippen MR) is 76.4 cm³/mol. The Kier molecular flexibility index (Phi) is 4.20. The Morgan fingerprint density at radius 1 is 1.05 bits per heavy atom. The maximum Gasteiger partial charge on any atom is 0.416 e. The van der Waals surface area contributed by atoms with Crippen LogP contribution in [-0.2, 0) is 6.18 Å². The molecule has 0 saturated carbocycles. The van der Waals surface area contributed by atoms with Crippen LogP contribution in [0.4, 0.5) is 13.2 Å². The van der Waals surface area contributed by atoms with E-state index in [1.54, 1.807) is 6.92 Å². The quantitative estimate of drug-likeness (QED) is 0.830. The first-order valence-electron chi connectivity index (χ1n) is 5.98. The third-order valence-electron chi connectivity index (χ3n) is 3.16. The summed E-state index contributed by atoms with van der Waals surface area (Å²) in [6.45, 7) is 1.64. The second kappa shape index (κ2) is 5.58. The van der Waals surface area contributed by atoms with Crippen LogP contribution < -0.4 is 5.73 Å². The molecule has 20 heavy (non-hydrogen) atoms. The van der Waals surface area contributed by atoms with Crippen LogP contribution in [0, 0.1) is 6.92 Å². The summed E-state index contributed by atoms with van der Waals surface area (Å²) in [6.07, 6.45) is -4.33. The number of hydrogen-bond donors (Lipinski definition) is 1. The van der Waals surface area contributed by atoms with Gasteiger partial charge in [0.15, 0.2) is 0 Å². The lowest BCUT2D eigenvalue weighted by Crippen LogP contribution is -2.14. The van der Waals surface area contributed by atoms with Crippen LogP contribution in [0.1, 0.15) is 28.3 Å². The molecule has 0 radical (unpaired) electrons. The van der Waals surface area contributed by atoms with Gasteiger partial charge in [-0.25, -0.2) is 0 Å². The summed E-state index contributed by atoms with van der Waals surface area (Å²) in [5.74, 6) is 0. The summed E-state index contributed by atoms with van der Waals surface area (Å²) in [5.41, 5.74) is 7.57. The standard InChI is InChI=1S/C15H13BrF3N/c1-9-8-11(15(17,18)19)4-7-13(9)14(20)10-2-5-12(16)6-3-10/h2-8,14H,20H2,1H3. The van der Waals surface area contributed by atoms with Crippen molar-refractivity contribution in [2.24, 2.45) is 5.73 Å². The van der Waals surface area contributed by atoms with Crippen LogP contribution in [0.2, 0.25) is 0 Å². The van der Waals surface area contributed by atoms with E-state index in [-0.39, 0.29) is 0 Å². The van der Waals surface area contributed by atoms with Crippen molar-refractivity contribution in [3.63, 3.8) is 0 Å². The van der Waals surface area contributed by atoms with E-state index < -0.39 is 17.8 Å². The van der Waals surface area contributed by atoms with Gasteiger partial charge in [-0.15, -0.1) is 0 Å². The van der Waals surface area contributed by atoms with Crippen molar-refractivity contribution in [3.05, 3.63) is 69.2 Å². The summed E-state index contributed by atoms with van der Waals surface area (Å²) < 4.78 is 38.8. The lowest BCUT2D eigenvalue weighted by molar-refractivity contribution is -0.137. The molecule has 1 unspecified atom stereocenters. The molecule has 2 aromatic rings. The smallest absolute Gasteiger partial charge is 0.320 e. The number of alkyl halides is 3. The van der Waals surface area contributed by atoms with Crippen LogP contribution in [-0.4, -0.2) is 0 Å². The number of benzene rings is 2. The average Bonchev–Trinajstić information content (AvgIpc) is 2.37. The molecule has 2 aromatic carbocycles. The van der Waals surface area contributed by atoms with Crippen molar-refractivity contribution in [1.82, 2.24) is 0 Å². The second-order valence-corrected chi connectivity index (χ2v) is 5.51. The Morgan fingerprint density at radius 3 is 2.15 bits per heavy atom. The Labute approximate surface area is 123 Å². The zero-order valence-corrected chi connectivity index (χ0v) is 12.3. The summed E-state index contributed by atoms with van der Waals surface area (Å²) >= 11 is 3.33. The van der Waals surface area contributed by atoms with Gasteiger partial charge in [-0.05, 0) is 47.9 Å². The van der Waals surface area contributed by atoms with E-state index in [0.717, 1.165) is 22.2 Å². The van der Waals surface area contributed by atoms with Crippen LogP contribution >= 0.6 is 15.9 Å². The fourth-order valence-corrected chi connectivity index (χ4v) is 2.31. The van der Waals surface area contributed by atoms with E-state index in [0.29, 0.717) is 11.1 Å². The van der Waals surface area contributed by atoms with Gasteiger partial charge in [0.25, 0.3) is 0 Å². The summed E-state index contributed by atoms with van der Waals surface area (Å²) in [4.78, 5) is 0. The minimum atomic E-state index is -4.33. The summed E-state index contributed by atoms with van der Waals surface area (Å²) in [5, 5.41) is 0. The van der Waals surface area contributed by atoms with Crippen LogP contribution in [0.3, 0.4) is 0 Å². The van der Waals surface area contributed by atoms with Crippen LogP contribution in [0.15, 0.2) is 46.9 Å². The van der Waals surface area contributed by atoms with E-state index in [1.165, 1.54) is 6.07 Å². The van der Waals surface area contributed by atoms with Crippen molar-refractivity contribution in [2.45, 2.75) is 19.1 Å². The van der Waals surface area contributed by atoms with Crippen molar-refractivity contribution in [2.75, 3.05) is 0 Å². The van der Waals surface area contributed by atoms with E-state index in [4.69, 9.17) is 5.73 Å². The van der Waals surface area contributed by atoms with Gasteiger partial charge >= 0.3 is 6.18 Å². The third kappa shape index (κ3) is 3.22. The van der Waals surface area contributed by atoms with Crippen molar-refractivity contribution in [1.29, 1.82) is 0 Å². The average molecular weight is 344 g/mol. The number of halogens is 4. The Bertz CT molecular complexity index is 606. The van der Waals surface area contributed by atoms with Gasteiger partial charge in [-0.2, -0.15) is 13.2 Å². The lowest BCUT2D eigenvalue weighted by Gasteiger charge is -2.17. The van der Waals surface area contributed by atoms with E-state index in [9.17, 15) is 13.2 Å². The molecule has 5 heteroatoms. The summed E-state index contributed by atoms with van der Waals surface area (Å²) in [6, 6.07) is 10.6. The molecule has 0 bridgehead atoms. The van der Waals surface area contributed by atoms with Crippen molar-refractivity contribution in [3.8, 4) is 0 Å². The zero-order chi connectivity index (χ0) is 14.9. The molecule has 1 atom stereocenters. The van der Waals surface area contributed by atoms with E-state index in [1.807, 2.05) is 24.3 Å². The molecular weight excluding hydrogens is 331 g/mol. The highest BCUT2D eigenvalue weighted by atomic mass is 79.9.